The fourth-order valence-electron chi connectivity index (χ4n) is 4.76. The smallest absolute Gasteiger partial charge is 0.330 e. The number of hydrogen-bond donors (Lipinski definition) is 2. The number of nitrogens with one attached hydrogen (secondary N) is 2. The Bertz CT molecular complexity index is 1560. The molecule has 208 valence electrons. The van der Waals surface area contributed by atoms with Gasteiger partial charge in [-0.3, -0.25) is 9.69 Å². The number of para-hydroxylation sites is 1. The maximum atomic E-state index is 11.8. The normalized spacial score (nSPS) is 13.4. The fraction of sp³-hybridized carbons (Fsp3) is 0.188. The molecule has 1 fully saturated rings. The van der Waals surface area contributed by atoms with Gasteiger partial charge in [0.1, 0.15) is 6.61 Å². The molecule has 2 N–H and O–H groups in total. The molecule has 0 saturated carbocycles. The van der Waals surface area contributed by atoms with Gasteiger partial charge < -0.3 is 20.3 Å². The Morgan fingerprint density at radius 2 is 1.71 bits per heavy atom. The largest absolute Gasteiger partial charge is 0.461 e. The highest BCUT2D eigenvalue weighted by molar-refractivity contribution is 6.00. The second-order valence-electron chi connectivity index (χ2n) is 9.58. The number of anilines is 4. The maximum Gasteiger partial charge on any atom is 0.330 e. The average Bonchev–Trinajstić information content (AvgIpc) is 3.01. The first-order valence-electron chi connectivity index (χ1n) is 13.5. The van der Waals surface area contributed by atoms with Crippen molar-refractivity contribution in [1.82, 2.24) is 14.9 Å². The van der Waals surface area contributed by atoms with E-state index in [1.165, 1.54) is 12.2 Å². The van der Waals surface area contributed by atoms with Gasteiger partial charge >= 0.3 is 5.97 Å². The van der Waals surface area contributed by atoms with Crippen molar-refractivity contribution in [3.05, 3.63) is 98.2 Å². The first kappa shape index (κ1) is 27.5. The summed E-state index contributed by atoms with van der Waals surface area (Å²) in [6.45, 7) is 11.6. The van der Waals surface area contributed by atoms with Gasteiger partial charge in [0.05, 0.1) is 5.52 Å². The van der Waals surface area contributed by atoms with Gasteiger partial charge in [0, 0.05) is 73.0 Å². The number of carbonyl (C=O) groups is 2. The van der Waals surface area contributed by atoms with Crippen LogP contribution in [0.2, 0.25) is 0 Å². The lowest BCUT2D eigenvalue weighted by Crippen LogP contribution is -2.47. The van der Waals surface area contributed by atoms with Crippen molar-refractivity contribution in [2.24, 2.45) is 0 Å². The van der Waals surface area contributed by atoms with Crippen molar-refractivity contribution in [3.63, 3.8) is 0 Å². The Morgan fingerprint density at radius 1 is 0.927 bits per heavy atom. The van der Waals surface area contributed by atoms with Crippen LogP contribution < -0.4 is 15.5 Å². The predicted octanol–water partition coefficient (Wildman–Crippen LogP) is 5.02. The first-order chi connectivity index (χ1) is 20.0. The van der Waals surface area contributed by atoms with Crippen LogP contribution in [0, 0.1) is 0 Å². The van der Waals surface area contributed by atoms with E-state index in [4.69, 9.17) is 9.72 Å². The third kappa shape index (κ3) is 6.95. The number of amides is 1. The second-order valence-corrected chi connectivity index (χ2v) is 9.58. The van der Waals surface area contributed by atoms with Gasteiger partial charge in [0.15, 0.2) is 0 Å². The summed E-state index contributed by atoms with van der Waals surface area (Å²) in [5, 5.41) is 7.06. The summed E-state index contributed by atoms with van der Waals surface area (Å²) in [6.07, 6.45) is 4.25. The zero-order valence-electron chi connectivity index (χ0n) is 22.8. The Morgan fingerprint density at radius 3 is 2.46 bits per heavy atom. The number of esters is 1. The number of aromatic nitrogens is 2. The van der Waals surface area contributed by atoms with E-state index in [2.05, 4.69) is 50.7 Å². The minimum Gasteiger partial charge on any atom is -0.461 e. The van der Waals surface area contributed by atoms with E-state index in [9.17, 15) is 9.59 Å². The van der Waals surface area contributed by atoms with Gasteiger partial charge in [-0.05, 0) is 48.0 Å². The zero-order valence-corrected chi connectivity index (χ0v) is 22.8. The number of piperazine rings is 1. The van der Waals surface area contributed by atoms with Crippen LogP contribution in [-0.2, 0) is 14.3 Å². The fourth-order valence-corrected chi connectivity index (χ4v) is 4.76. The number of fused-ring (bicyclic) bond motifs is 1. The van der Waals surface area contributed by atoms with Crippen LogP contribution >= 0.6 is 0 Å². The summed E-state index contributed by atoms with van der Waals surface area (Å²) in [5.41, 5.74) is 5.42. The van der Waals surface area contributed by atoms with Gasteiger partial charge in [-0.1, -0.05) is 43.5 Å². The molecule has 41 heavy (non-hydrogen) atoms. The number of hydrogen-bond acceptors (Lipinski definition) is 8. The molecule has 0 unspecified atom stereocenters. The number of ether oxygens (including phenoxy) is 1. The lowest BCUT2D eigenvalue weighted by molar-refractivity contribution is -0.138. The topological polar surface area (TPSA) is 99.7 Å². The van der Waals surface area contributed by atoms with E-state index in [0.29, 0.717) is 18.2 Å². The summed E-state index contributed by atoms with van der Waals surface area (Å²) < 4.78 is 5.09. The van der Waals surface area contributed by atoms with Gasteiger partial charge in [-0.2, -0.15) is 0 Å². The number of benzene rings is 3. The predicted molar refractivity (Wildman–Crippen MR) is 163 cm³/mol. The SMILES string of the molecule is C=CC(=O)Nc1cccc(-c2cccc3cnc(Nc4ccc(N5CCN(CCOC(=O)C=C)CC5)cc4)nc23)c1. The minimum absolute atomic E-state index is 0.258. The molecule has 1 aliphatic rings. The quantitative estimate of drug-likeness (QED) is 0.211. The number of nitrogens with zero attached hydrogens (tertiary/aromatic N) is 4. The van der Waals surface area contributed by atoms with E-state index in [0.717, 1.165) is 66.1 Å². The molecule has 4 aromatic rings. The Labute approximate surface area is 239 Å². The molecular weight excluding hydrogens is 516 g/mol. The van der Waals surface area contributed by atoms with Gasteiger partial charge in [-0.15, -0.1) is 0 Å². The molecule has 0 atom stereocenters. The van der Waals surface area contributed by atoms with Gasteiger partial charge in [-0.25, -0.2) is 14.8 Å². The molecule has 9 nitrogen and oxygen atoms in total. The molecule has 1 saturated heterocycles. The molecule has 2 heterocycles. The maximum absolute atomic E-state index is 11.8. The lowest BCUT2D eigenvalue weighted by atomic mass is 10.0. The lowest BCUT2D eigenvalue weighted by Gasteiger charge is -2.36. The molecule has 1 amide bonds. The Hall–Kier alpha value is -5.02. The van der Waals surface area contributed by atoms with Crippen LogP contribution in [0.25, 0.3) is 22.0 Å². The standard InChI is InChI=1S/C32H32N6O3/c1-3-29(39)34-26-9-5-7-23(21-26)28-10-6-8-24-22-33-32(36-31(24)28)35-25-11-13-27(14-12-25)38-17-15-37(16-18-38)19-20-41-30(40)4-2/h3-14,21-22H,1-2,15-20H2,(H,34,39)(H,33,35,36). The molecule has 1 aromatic heterocycles. The molecule has 0 aliphatic carbocycles. The highest BCUT2D eigenvalue weighted by Gasteiger charge is 2.17. The van der Waals surface area contributed by atoms with Crippen LogP contribution in [0.15, 0.2) is 98.2 Å². The number of rotatable bonds is 10. The van der Waals surface area contributed by atoms with Gasteiger partial charge in [0.2, 0.25) is 11.9 Å². The van der Waals surface area contributed by atoms with E-state index in [1.54, 1.807) is 0 Å². The van der Waals surface area contributed by atoms with Crippen LogP contribution in [0.4, 0.5) is 23.0 Å². The molecule has 5 rings (SSSR count). The van der Waals surface area contributed by atoms with E-state index in [-0.39, 0.29) is 11.9 Å². The summed E-state index contributed by atoms with van der Waals surface area (Å²) >= 11 is 0. The Balaban J connectivity index is 1.24. The van der Waals surface area contributed by atoms with Crippen molar-refractivity contribution in [2.75, 3.05) is 54.9 Å². The van der Waals surface area contributed by atoms with E-state index in [1.807, 2.05) is 60.8 Å². The van der Waals surface area contributed by atoms with Crippen LogP contribution in [0.1, 0.15) is 0 Å². The summed E-state index contributed by atoms with van der Waals surface area (Å²) in [7, 11) is 0. The Kier molecular flexibility index (Phi) is 8.66. The highest BCUT2D eigenvalue weighted by Crippen LogP contribution is 2.30. The third-order valence-corrected chi connectivity index (χ3v) is 6.92. The molecule has 0 bridgehead atoms. The van der Waals surface area contributed by atoms with Gasteiger partial charge in [0.25, 0.3) is 0 Å². The summed E-state index contributed by atoms with van der Waals surface area (Å²) in [4.78, 5) is 37.0. The molecule has 1 aliphatic heterocycles. The first-order valence-corrected chi connectivity index (χ1v) is 13.5. The van der Waals surface area contributed by atoms with Crippen molar-refractivity contribution < 1.29 is 14.3 Å². The summed E-state index contributed by atoms with van der Waals surface area (Å²) in [6, 6.07) is 21.9. The molecular formula is C32H32N6O3. The van der Waals surface area contributed by atoms with Crippen LogP contribution in [0.3, 0.4) is 0 Å². The summed E-state index contributed by atoms with van der Waals surface area (Å²) in [5.74, 6) is -0.140. The third-order valence-electron chi connectivity index (χ3n) is 6.92. The van der Waals surface area contributed by atoms with Crippen molar-refractivity contribution >= 4 is 45.8 Å². The van der Waals surface area contributed by atoms with Crippen LogP contribution in [-0.4, -0.2) is 66.1 Å². The average molecular weight is 549 g/mol. The minimum atomic E-state index is -0.382. The van der Waals surface area contributed by atoms with E-state index >= 15 is 0 Å². The monoisotopic (exact) mass is 548 g/mol. The zero-order chi connectivity index (χ0) is 28.6. The molecule has 0 spiro atoms. The van der Waals surface area contributed by atoms with Crippen molar-refractivity contribution in [1.29, 1.82) is 0 Å². The van der Waals surface area contributed by atoms with Crippen molar-refractivity contribution in [2.45, 2.75) is 0 Å². The number of carbonyl (C=O) groups excluding carboxylic acids is 2. The van der Waals surface area contributed by atoms with Crippen molar-refractivity contribution in [3.8, 4) is 11.1 Å². The second kappa shape index (κ2) is 12.9. The highest BCUT2D eigenvalue weighted by atomic mass is 16.5. The van der Waals surface area contributed by atoms with Crippen LogP contribution in [0.5, 0.6) is 0 Å². The molecule has 3 aromatic carbocycles. The molecule has 9 heteroatoms. The van der Waals surface area contributed by atoms with E-state index < -0.39 is 0 Å². The molecule has 0 radical (unpaired) electrons.